The van der Waals surface area contributed by atoms with Crippen LogP contribution in [-0.2, 0) is 33.2 Å². The van der Waals surface area contributed by atoms with Crippen molar-refractivity contribution in [2.45, 2.75) is 407 Å². The summed E-state index contributed by atoms with van der Waals surface area (Å²) in [7, 11) is 0. The molecule has 1 amide bonds. The van der Waals surface area contributed by atoms with Gasteiger partial charge < -0.3 is 89.9 Å². The van der Waals surface area contributed by atoms with E-state index < -0.39 is 124 Å². The third-order valence-corrected chi connectivity index (χ3v) is 20.7. The van der Waals surface area contributed by atoms with E-state index in [4.69, 9.17) is 28.4 Å². The van der Waals surface area contributed by atoms with E-state index in [0.29, 0.717) is 12.8 Å². The molecule has 3 saturated heterocycles. The largest absolute Gasteiger partial charge is 0.394 e. The fourth-order valence-electron chi connectivity index (χ4n) is 13.8. The van der Waals surface area contributed by atoms with Crippen LogP contribution >= 0.6 is 0 Å². The first-order chi connectivity index (χ1) is 53.8. The number of allylic oxidation sites excluding steroid dienone is 21. The Labute approximate surface area is 664 Å². The van der Waals surface area contributed by atoms with Gasteiger partial charge in [0.1, 0.15) is 73.2 Å². The van der Waals surface area contributed by atoms with Crippen LogP contribution in [0, 0.1) is 0 Å². The maximum Gasteiger partial charge on any atom is 0.220 e. The van der Waals surface area contributed by atoms with Crippen LogP contribution < -0.4 is 5.32 Å². The van der Waals surface area contributed by atoms with E-state index in [-0.39, 0.29) is 18.9 Å². The molecule has 17 unspecified atom stereocenters. The molecule has 19 heteroatoms. The van der Waals surface area contributed by atoms with E-state index in [2.05, 4.69) is 141 Å². The van der Waals surface area contributed by atoms with Crippen molar-refractivity contribution in [1.29, 1.82) is 0 Å². The summed E-state index contributed by atoms with van der Waals surface area (Å²) in [5, 5.41) is 121. The molecule has 3 rings (SSSR count). The Morgan fingerprint density at radius 1 is 0.336 bits per heavy atom. The summed E-state index contributed by atoms with van der Waals surface area (Å²) in [5.41, 5.74) is 0. The first kappa shape index (κ1) is 100. The zero-order valence-electron chi connectivity index (χ0n) is 67.9. The molecule has 110 heavy (non-hydrogen) atoms. The second kappa shape index (κ2) is 69.3. The first-order valence-electron chi connectivity index (χ1n) is 43.4. The second-order valence-electron chi connectivity index (χ2n) is 30.3. The van der Waals surface area contributed by atoms with Gasteiger partial charge in [-0.05, 0) is 103 Å². The normalized spacial score (nSPS) is 25.8. The molecule has 3 aliphatic heterocycles. The SMILES string of the molecule is CC/C=C\C/C=C\C/C=C\C/C=C\C/C=C\C/C=C\C/C=C\C/C=C\C/C=C\CCCCCCCC(=O)NC(COC1OC(CO)C(OC2OC(CO)C(OC3OC(CO)C(O)C(O)C3O)C(O)C2O)C(O)C1O)C(O)/C=C/CC/C=C/CCCCCCCCCCCCCCCCCCCCCCCCCCCC. The van der Waals surface area contributed by atoms with E-state index in [1.807, 2.05) is 6.08 Å². The minimum atomic E-state index is -1.99. The minimum Gasteiger partial charge on any atom is -0.394 e. The highest BCUT2D eigenvalue weighted by Gasteiger charge is 2.54. The van der Waals surface area contributed by atoms with Gasteiger partial charge >= 0.3 is 0 Å². The van der Waals surface area contributed by atoms with Crippen molar-refractivity contribution >= 4 is 5.91 Å². The van der Waals surface area contributed by atoms with E-state index in [1.165, 1.54) is 161 Å². The van der Waals surface area contributed by atoms with Crippen molar-refractivity contribution in [3.8, 4) is 0 Å². The molecule has 0 aliphatic carbocycles. The maximum absolute atomic E-state index is 13.5. The molecular weight excluding hydrogens is 1390 g/mol. The summed E-state index contributed by atoms with van der Waals surface area (Å²) in [6.07, 6.45) is 73.0. The summed E-state index contributed by atoms with van der Waals surface area (Å²) in [6.45, 7) is 1.61. The van der Waals surface area contributed by atoms with E-state index in [0.717, 1.165) is 109 Å². The van der Waals surface area contributed by atoms with Crippen LogP contribution in [0.5, 0.6) is 0 Å². The predicted octanol–water partition coefficient (Wildman–Crippen LogP) is 16.0. The number of carbonyl (C=O) groups excluding carboxylic acids is 1. The van der Waals surface area contributed by atoms with Crippen molar-refractivity contribution < 1.29 is 89.4 Å². The van der Waals surface area contributed by atoms with Crippen LogP contribution in [0.4, 0.5) is 0 Å². The molecule has 0 radical (unpaired) electrons. The quantitative estimate of drug-likeness (QED) is 0.0199. The van der Waals surface area contributed by atoms with E-state index in [1.54, 1.807) is 6.08 Å². The van der Waals surface area contributed by atoms with Gasteiger partial charge in [0.15, 0.2) is 18.9 Å². The minimum absolute atomic E-state index is 0.204. The zero-order chi connectivity index (χ0) is 79.5. The maximum atomic E-state index is 13.5. The Balaban J connectivity index is 1.38. The standard InChI is InChI=1S/C91H155NO18/c1-3-5-7-9-11-13-15-17-19-21-23-25-27-29-31-33-35-37-39-41-43-45-47-49-51-53-55-57-59-61-63-65-67-69-79(97)92-74(75(96)68-66-64-62-60-58-56-54-52-50-48-46-44-42-40-38-36-34-32-30-28-26-24-22-20-18-16-14-12-10-8-6-4-2)73-105-89-85(103)82(100)87(77(71-94)107-89)110-91-86(104)83(101)88(78(72-95)108-91)109-90-84(102)81(99)80(98)76(70-93)106-90/h5,7,11,13,17,19,23,25,29,31,35,37,41,43,47,49,53,55,58,60,66,68,74-78,80-91,93-96,98-104H,3-4,6,8-10,12,14-16,18,20-22,24,26-28,30,32-34,36,38-40,42,44-46,48,50-52,54,56-57,59,61-65,67,69-73H2,1-2H3,(H,92,97)/b7-5-,13-11-,19-17-,25-23-,31-29-,37-35-,43-41-,49-47-,55-53-,60-58+,68-66+. The number of aliphatic hydroxyl groups excluding tert-OH is 11. The molecule has 0 aromatic rings. The van der Waals surface area contributed by atoms with Crippen LogP contribution in [0.15, 0.2) is 134 Å². The van der Waals surface area contributed by atoms with E-state index >= 15 is 0 Å². The van der Waals surface area contributed by atoms with Crippen LogP contribution in [0.3, 0.4) is 0 Å². The van der Waals surface area contributed by atoms with Crippen molar-refractivity contribution in [2.24, 2.45) is 0 Å². The van der Waals surface area contributed by atoms with Gasteiger partial charge in [0.05, 0.1) is 38.6 Å². The molecular formula is C91H155NO18. The summed E-state index contributed by atoms with van der Waals surface area (Å²) in [6, 6.07) is -1.01. The summed E-state index contributed by atoms with van der Waals surface area (Å²) >= 11 is 0. The number of aliphatic hydroxyl groups is 11. The van der Waals surface area contributed by atoms with Crippen LogP contribution in [0.1, 0.15) is 303 Å². The Hall–Kier alpha value is -4.07. The highest BCUT2D eigenvalue weighted by atomic mass is 16.8. The van der Waals surface area contributed by atoms with Gasteiger partial charge in [-0.15, -0.1) is 0 Å². The second-order valence-corrected chi connectivity index (χ2v) is 30.3. The molecule has 19 nitrogen and oxygen atoms in total. The molecule has 3 fully saturated rings. The fourth-order valence-corrected chi connectivity index (χ4v) is 13.8. The van der Waals surface area contributed by atoms with Gasteiger partial charge in [-0.2, -0.15) is 0 Å². The van der Waals surface area contributed by atoms with Crippen molar-refractivity contribution in [3.63, 3.8) is 0 Å². The fraction of sp³-hybridized carbons (Fsp3) is 0.747. The van der Waals surface area contributed by atoms with Gasteiger partial charge in [0.25, 0.3) is 0 Å². The van der Waals surface area contributed by atoms with E-state index in [9.17, 15) is 61.0 Å². The number of ether oxygens (including phenoxy) is 6. The van der Waals surface area contributed by atoms with Gasteiger partial charge in [0.2, 0.25) is 5.91 Å². The van der Waals surface area contributed by atoms with Gasteiger partial charge in [-0.1, -0.05) is 327 Å². The molecule has 3 heterocycles. The molecule has 17 atom stereocenters. The number of rotatable bonds is 68. The lowest BCUT2D eigenvalue weighted by atomic mass is 9.96. The van der Waals surface area contributed by atoms with Crippen molar-refractivity contribution in [1.82, 2.24) is 5.32 Å². The number of hydrogen-bond donors (Lipinski definition) is 12. The summed E-state index contributed by atoms with van der Waals surface area (Å²) in [5.74, 6) is -0.307. The van der Waals surface area contributed by atoms with Crippen LogP contribution in [0.25, 0.3) is 0 Å². The average Bonchev–Trinajstić information content (AvgIpc) is 0.780. The number of carbonyl (C=O) groups is 1. The highest BCUT2D eigenvalue weighted by Crippen LogP contribution is 2.33. The van der Waals surface area contributed by atoms with Gasteiger partial charge in [0, 0.05) is 6.42 Å². The van der Waals surface area contributed by atoms with Gasteiger partial charge in [-0.25, -0.2) is 0 Å². The lowest BCUT2D eigenvalue weighted by Gasteiger charge is -2.48. The third-order valence-electron chi connectivity index (χ3n) is 20.7. The zero-order valence-corrected chi connectivity index (χ0v) is 67.9. The summed E-state index contributed by atoms with van der Waals surface area (Å²) in [4.78, 5) is 13.5. The highest BCUT2D eigenvalue weighted by molar-refractivity contribution is 5.76. The van der Waals surface area contributed by atoms with Gasteiger partial charge in [-0.3, -0.25) is 4.79 Å². The smallest absolute Gasteiger partial charge is 0.220 e. The molecule has 12 N–H and O–H groups in total. The summed E-state index contributed by atoms with van der Waals surface area (Å²) < 4.78 is 34.5. The van der Waals surface area contributed by atoms with Crippen molar-refractivity contribution in [2.75, 3.05) is 26.4 Å². The lowest BCUT2D eigenvalue weighted by molar-refractivity contribution is -0.379. The molecule has 0 aromatic heterocycles. The third kappa shape index (κ3) is 47.7. The number of hydrogen-bond acceptors (Lipinski definition) is 18. The van der Waals surface area contributed by atoms with Crippen molar-refractivity contribution in [3.05, 3.63) is 134 Å². The number of unbranched alkanes of at least 4 members (excludes halogenated alkanes) is 32. The molecule has 632 valence electrons. The predicted molar refractivity (Wildman–Crippen MR) is 443 cm³/mol. The Bertz CT molecular complexity index is 2510. The molecule has 3 aliphatic rings. The monoisotopic (exact) mass is 1550 g/mol. The Morgan fingerprint density at radius 2 is 0.636 bits per heavy atom. The number of amides is 1. The first-order valence-corrected chi connectivity index (χ1v) is 43.4. The topological polar surface area (TPSA) is 307 Å². The molecule has 0 saturated carbocycles. The van der Waals surface area contributed by atoms with Crippen LogP contribution in [-0.4, -0.2) is 193 Å². The number of nitrogens with one attached hydrogen (secondary N) is 1. The van der Waals surface area contributed by atoms with Crippen LogP contribution in [0.2, 0.25) is 0 Å². The molecule has 0 spiro atoms. The molecule has 0 aromatic carbocycles. The average molecular weight is 1550 g/mol. The molecule has 0 bridgehead atoms. The Kier molecular flexibility index (Phi) is 63.0. The lowest BCUT2D eigenvalue weighted by Crippen LogP contribution is -2.66. The Morgan fingerprint density at radius 3 is 1.02 bits per heavy atom.